The molecular weight excluding hydrogens is 1320 g/mol. The average molecular weight is 1390 g/mol. The molecule has 494 valence electrons. The molecule has 0 unspecified atom stereocenters. The summed E-state index contributed by atoms with van der Waals surface area (Å²) in [6.07, 6.45) is 0. The Bertz CT molecular complexity index is 6490. The molecule has 0 saturated carbocycles. The van der Waals surface area contributed by atoms with Crippen molar-refractivity contribution < 1.29 is 0 Å². The van der Waals surface area contributed by atoms with Crippen molar-refractivity contribution in [3.63, 3.8) is 0 Å². The lowest BCUT2D eigenvalue weighted by Gasteiger charge is -2.48. The lowest BCUT2D eigenvalue weighted by molar-refractivity contribution is 1.22. The van der Waals surface area contributed by atoms with Gasteiger partial charge in [0.1, 0.15) is 0 Å². The van der Waals surface area contributed by atoms with Crippen molar-refractivity contribution in [2.75, 3.05) is 29.4 Å². The molecule has 0 amide bonds. The Morgan fingerprint density at radius 2 is 0.604 bits per heavy atom. The predicted octanol–water partition coefficient (Wildman–Crippen LogP) is 23.2. The zero-order valence-electron chi connectivity index (χ0n) is 57.5. The van der Waals surface area contributed by atoms with E-state index in [0.29, 0.717) is 0 Å². The first kappa shape index (κ1) is 60.5. The topological polar surface area (TPSA) is 19.4 Å². The lowest BCUT2D eigenvalue weighted by Crippen LogP contribution is -2.65. The first-order chi connectivity index (χ1) is 52.6. The molecule has 0 aliphatic carbocycles. The summed E-state index contributed by atoms with van der Waals surface area (Å²) >= 11 is 3.73. The molecule has 0 saturated heterocycles. The van der Waals surface area contributed by atoms with E-state index in [1.165, 1.54) is 73.1 Å². The summed E-state index contributed by atoms with van der Waals surface area (Å²) in [5, 5.41) is 4.98. The van der Waals surface area contributed by atoms with Crippen molar-refractivity contribution >= 4 is 212 Å². The van der Waals surface area contributed by atoms with Gasteiger partial charge < -0.3 is 29.4 Å². The number of thiophene rings is 2. The highest BCUT2D eigenvalue weighted by Crippen LogP contribution is 2.55. The lowest BCUT2D eigenvalue weighted by atomic mass is 9.30. The van der Waals surface area contributed by atoms with Crippen LogP contribution in [0.5, 0.6) is 0 Å². The fraction of sp³-hybridized carbons (Fsp3) is 0. The third-order valence-corrected chi connectivity index (χ3v) is 24.4. The van der Waals surface area contributed by atoms with E-state index in [0.717, 1.165) is 113 Å². The Morgan fingerprint density at radius 1 is 0.226 bits per heavy atom. The van der Waals surface area contributed by atoms with Crippen LogP contribution in [0.4, 0.5) is 102 Å². The number of hydrogen-bond acceptors (Lipinski definition) is 8. The number of anilines is 18. The van der Waals surface area contributed by atoms with Gasteiger partial charge in [0.25, 0.3) is 13.4 Å². The van der Waals surface area contributed by atoms with Crippen LogP contribution in [-0.2, 0) is 0 Å². The molecular formula is C96H62B2N6S2. The van der Waals surface area contributed by atoms with Crippen molar-refractivity contribution in [3.8, 4) is 11.1 Å². The van der Waals surface area contributed by atoms with Gasteiger partial charge in [0.05, 0.1) is 28.4 Å². The Labute approximate surface area is 623 Å². The number of benzene rings is 16. The summed E-state index contributed by atoms with van der Waals surface area (Å²) in [4.78, 5) is 15.4. The maximum Gasteiger partial charge on any atom is 0.252 e. The van der Waals surface area contributed by atoms with Crippen LogP contribution in [0.15, 0.2) is 376 Å². The predicted molar refractivity (Wildman–Crippen MR) is 455 cm³/mol. The van der Waals surface area contributed by atoms with Crippen molar-refractivity contribution in [1.29, 1.82) is 0 Å². The molecule has 16 aromatic carbocycles. The number of para-hydroxylation sites is 8. The van der Waals surface area contributed by atoms with Crippen molar-refractivity contribution in [3.05, 3.63) is 376 Å². The minimum atomic E-state index is -0.238. The van der Waals surface area contributed by atoms with E-state index < -0.39 is 0 Å². The highest BCUT2D eigenvalue weighted by molar-refractivity contribution is 7.26. The first-order valence-electron chi connectivity index (χ1n) is 36.4. The van der Waals surface area contributed by atoms with Crippen LogP contribution in [0.1, 0.15) is 0 Å². The molecule has 4 aliphatic rings. The summed E-state index contributed by atoms with van der Waals surface area (Å²) in [7, 11) is 0. The fourth-order valence-electron chi connectivity index (χ4n) is 17.9. The molecule has 0 spiro atoms. The van der Waals surface area contributed by atoms with E-state index in [1.807, 2.05) is 22.7 Å². The van der Waals surface area contributed by atoms with Crippen molar-refractivity contribution in [1.82, 2.24) is 0 Å². The van der Waals surface area contributed by atoms with Gasteiger partial charge in [0.15, 0.2) is 0 Å². The number of hydrogen-bond donors (Lipinski definition) is 0. The van der Waals surface area contributed by atoms with Gasteiger partial charge >= 0.3 is 0 Å². The van der Waals surface area contributed by atoms with E-state index in [-0.39, 0.29) is 13.4 Å². The van der Waals surface area contributed by atoms with Gasteiger partial charge in [-0.2, -0.15) is 0 Å². The number of fused-ring (bicyclic) bond motifs is 14. The molecule has 10 heteroatoms. The summed E-state index contributed by atoms with van der Waals surface area (Å²) in [6.45, 7) is -0.459. The van der Waals surface area contributed by atoms with E-state index in [2.05, 4.69) is 406 Å². The molecule has 2 aromatic heterocycles. The van der Waals surface area contributed by atoms with E-state index in [9.17, 15) is 0 Å². The highest BCUT2D eigenvalue weighted by Gasteiger charge is 2.49. The summed E-state index contributed by atoms with van der Waals surface area (Å²) < 4.78 is 5.03. The van der Waals surface area contributed by atoms with Crippen LogP contribution in [0, 0.1) is 0 Å². The maximum atomic E-state index is 2.67. The van der Waals surface area contributed by atoms with Gasteiger partial charge in [0, 0.05) is 120 Å². The number of rotatable bonds is 11. The van der Waals surface area contributed by atoms with Crippen molar-refractivity contribution in [2.24, 2.45) is 0 Å². The second-order valence-electron chi connectivity index (χ2n) is 27.8. The standard InChI is InChI=1S/C96H62B2N6S2/c1-7-31-63(32-8-1)71-43-19-24-48-78(71)103-84-62-83-76(61-77(84)97-74-46-22-25-49-79(74)101(67-39-15-5-16-40-67)85-57-69(58-87(103)95(85)97)99(64-33-9-2-10-34-64)65-35-11-3-12-36-65)98-75-47-23-26-50-80(75)104(82-52-30-56-92-94(82)73-45-21-28-54-90(73)106-92)88-60-70(59-86(96(88)98)102(83)68-41-17-6-18-42-68)100(66-37-13-4-14-38-66)81-51-29-55-91-93(81)72-44-20-27-53-89(72)105-91/h1-62H. The molecule has 4 aliphatic heterocycles. The first-order valence-corrected chi connectivity index (χ1v) is 38.0. The molecule has 0 bridgehead atoms. The van der Waals surface area contributed by atoms with Crippen LogP contribution in [0.25, 0.3) is 51.5 Å². The summed E-state index contributed by atoms with van der Waals surface area (Å²) in [5.74, 6) is 0. The second kappa shape index (κ2) is 24.3. The second-order valence-corrected chi connectivity index (χ2v) is 30.0. The third-order valence-electron chi connectivity index (χ3n) is 22.1. The van der Waals surface area contributed by atoms with Gasteiger partial charge in [-0.15, -0.1) is 22.7 Å². The zero-order chi connectivity index (χ0) is 69.5. The fourth-order valence-corrected chi connectivity index (χ4v) is 20.1. The van der Waals surface area contributed by atoms with Crippen LogP contribution >= 0.6 is 22.7 Å². The van der Waals surface area contributed by atoms with Gasteiger partial charge in [-0.3, -0.25) is 0 Å². The van der Waals surface area contributed by atoms with E-state index >= 15 is 0 Å². The smallest absolute Gasteiger partial charge is 0.252 e. The van der Waals surface area contributed by atoms with Gasteiger partial charge in [-0.05, 0) is 184 Å². The van der Waals surface area contributed by atoms with Gasteiger partial charge in [-0.1, -0.05) is 231 Å². The SMILES string of the molecule is c1ccc(-c2ccccc2N2c3cc4c(cc3B3c5ccccc5N(c5ccccc5)c5cc(N(c6ccccc6)c6ccccc6)cc2c53)B2c3ccccc3N(c3cccc5sc6ccccc6c35)c3cc(N(c5ccccc5)c5cccc6sc7ccccc7c56)cc(c32)N4c2ccccc2)cc1. The average Bonchev–Trinajstić information content (AvgIpc) is 0.795. The molecule has 0 atom stereocenters. The Hall–Kier alpha value is -13.1. The zero-order valence-corrected chi connectivity index (χ0v) is 59.1. The maximum absolute atomic E-state index is 2.67. The van der Waals surface area contributed by atoms with Crippen LogP contribution in [-0.4, -0.2) is 13.4 Å². The van der Waals surface area contributed by atoms with Crippen LogP contribution in [0.2, 0.25) is 0 Å². The Balaban J connectivity index is 0.884. The quantitative estimate of drug-likeness (QED) is 0.119. The van der Waals surface area contributed by atoms with Crippen LogP contribution in [0.3, 0.4) is 0 Å². The van der Waals surface area contributed by atoms with E-state index in [1.54, 1.807) is 0 Å². The van der Waals surface area contributed by atoms with Crippen molar-refractivity contribution in [2.45, 2.75) is 0 Å². The summed E-state index contributed by atoms with van der Waals surface area (Å²) in [6, 6.07) is 141. The van der Waals surface area contributed by atoms with Gasteiger partial charge in [-0.25, -0.2) is 0 Å². The highest BCUT2D eigenvalue weighted by atomic mass is 32.1. The molecule has 0 fully saturated rings. The molecule has 0 radical (unpaired) electrons. The Morgan fingerprint density at radius 3 is 1.17 bits per heavy atom. The van der Waals surface area contributed by atoms with Gasteiger partial charge in [0.2, 0.25) is 0 Å². The van der Waals surface area contributed by atoms with Crippen LogP contribution < -0.4 is 62.2 Å². The minimum absolute atomic E-state index is 0.221. The molecule has 18 aromatic rings. The Kier molecular flexibility index (Phi) is 13.8. The monoisotopic (exact) mass is 1380 g/mol. The molecule has 0 N–H and O–H groups in total. The molecule has 6 heterocycles. The molecule has 22 rings (SSSR count). The normalized spacial score (nSPS) is 13.0. The van der Waals surface area contributed by atoms with E-state index in [4.69, 9.17) is 0 Å². The molecule has 106 heavy (non-hydrogen) atoms. The molecule has 6 nitrogen and oxygen atoms in total. The summed E-state index contributed by atoms with van der Waals surface area (Å²) in [5.41, 5.74) is 29.5. The third kappa shape index (κ3) is 9.24. The minimum Gasteiger partial charge on any atom is -0.311 e. The number of nitrogens with zero attached hydrogens (tertiary/aromatic N) is 6. The largest absolute Gasteiger partial charge is 0.311 e.